The number of phenolic OH excluding ortho intramolecular Hbond substituents is 1. The molecule has 0 aliphatic rings. The minimum atomic E-state index is -0.824. The summed E-state index contributed by atoms with van der Waals surface area (Å²) in [5, 5.41) is 50.7. The summed E-state index contributed by atoms with van der Waals surface area (Å²) in [6.45, 7) is 11.6. The van der Waals surface area contributed by atoms with Crippen molar-refractivity contribution in [3.05, 3.63) is 259 Å². The van der Waals surface area contributed by atoms with Crippen LogP contribution in [-0.4, -0.2) is 146 Å². The number of thiazole rings is 1. The number of ether oxygens (including phenoxy) is 6. The highest BCUT2D eigenvalue weighted by molar-refractivity contribution is 7.21. The molecule has 0 aliphatic heterocycles. The van der Waals surface area contributed by atoms with Crippen LogP contribution in [0.5, 0.6) is 17.4 Å². The average Bonchev–Trinajstić information content (AvgIpc) is 1.65. The number of nitrogens with zero attached hydrogens (tertiary/aromatic N) is 7. The van der Waals surface area contributed by atoms with Crippen LogP contribution in [0.1, 0.15) is 43.5 Å². The van der Waals surface area contributed by atoms with Crippen molar-refractivity contribution in [2.45, 2.75) is 14.4 Å². The molecule has 10 rings (SSSR count). The molecule has 21 nitrogen and oxygen atoms in total. The molecule has 0 bridgehead atoms. The summed E-state index contributed by atoms with van der Waals surface area (Å²) >= 11 is 1.43. The molecular weight excluding hydrogens is 1420 g/mol. The minimum Gasteiger partial charge on any atom is -0.508 e. The number of alkyl halides is 3. The summed E-state index contributed by atoms with van der Waals surface area (Å²) in [5.74, 6) is 1.26. The fourth-order valence-electron chi connectivity index (χ4n) is 9.17. The van der Waals surface area contributed by atoms with Gasteiger partial charge in [-0.15, -0.1) is 11.3 Å². The summed E-state index contributed by atoms with van der Waals surface area (Å²) in [6.07, 6.45) is 9.95. The lowest BCUT2D eigenvalue weighted by Gasteiger charge is -2.18. The standard InChI is InChI=1S/C21H26FNO3.C20H25FN2O3.C18H16FN3.C14H11FN2OS.C6H4N2O4.CH4.F2/c1-23-20-8-4-18(5-9-20)2-3-19-6-10-21(11-7-19)26-17-16-25-15-14-24-13-12-22;1-22-19-7-4-17(5-8-19)2-3-18-6-9-20(23-16-18)26-15-14-25-13-12-24-11-10-21;1-13(18(12-20)21-2)14-4-5-16-11-17(22(3)9-8-19)7-6-15(16)10-14;1-16-11-4-2-8(6-10(11)15)14-17-12-5-3-9(18)7-13(12)19-14;9-7(10)5-2-1-3-6(4-5)8(11)12;;1-2/h2-11,23H,12-17H2,1H3;2-9,16,22H,10-15H2,1H3;4-7,10-11H,8-9H2,1,3H3;2-7,16,18H,1H3;1-4H;1H4;/b2*3-2+;18-13-;;;;/i22-1;21-1;19-1;15-1;4D;;1-1. The number of benzene rings is 8. The molecule has 0 saturated carbocycles. The van der Waals surface area contributed by atoms with Crippen LogP contribution in [0.3, 0.4) is 0 Å². The lowest BCUT2D eigenvalue weighted by Crippen LogP contribution is -2.19. The van der Waals surface area contributed by atoms with Crippen molar-refractivity contribution in [2.75, 3.05) is 142 Å². The molecule has 2 aromatic heterocycles. The van der Waals surface area contributed by atoms with Gasteiger partial charge in [-0.3, -0.25) is 20.2 Å². The van der Waals surface area contributed by atoms with Crippen molar-refractivity contribution in [3.63, 3.8) is 0 Å². The molecule has 108 heavy (non-hydrogen) atoms. The first-order chi connectivity index (χ1) is 52.4. The molecule has 0 radical (unpaired) electrons. The molecule has 10 aromatic rings. The summed E-state index contributed by atoms with van der Waals surface area (Å²) in [4.78, 5) is 32.7. The Kier molecular flexibility index (Phi) is 40.6. The largest absolute Gasteiger partial charge is 0.508 e. The maximum Gasteiger partial charge on any atom is 0.276 e. The molecule has 570 valence electrons. The number of nitriles is 1. The molecule has 0 unspecified atom stereocenters. The zero-order chi connectivity index (χ0) is 78.4. The van der Waals surface area contributed by atoms with E-state index in [1.807, 2.05) is 147 Å². The van der Waals surface area contributed by atoms with E-state index < -0.39 is 40.6 Å². The Morgan fingerprint density at radius 2 is 1.17 bits per heavy atom. The van der Waals surface area contributed by atoms with Crippen LogP contribution in [0.15, 0.2) is 194 Å². The third kappa shape index (κ3) is 31.4. The van der Waals surface area contributed by atoms with E-state index in [1.54, 1.807) is 44.4 Å². The van der Waals surface area contributed by atoms with Gasteiger partial charge in [0, 0.05) is 90.9 Å². The lowest BCUT2D eigenvalue weighted by molar-refractivity contribution is -0.394. The first-order valence-electron chi connectivity index (χ1n) is 33.5. The Bertz CT molecular complexity index is 4410. The van der Waals surface area contributed by atoms with Crippen molar-refractivity contribution >= 4 is 96.3 Å². The van der Waals surface area contributed by atoms with Gasteiger partial charge in [0.2, 0.25) is 5.88 Å². The van der Waals surface area contributed by atoms with Crippen molar-refractivity contribution in [1.29, 1.82) is 5.26 Å². The van der Waals surface area contributed by atoms with Gasteiger partial charge in [0.1, 0.15) is 55.6 Å². The first kappa shape index (κ1) is 86.7. The Morgan fingerprint density at radius 1 is 0.648 bits per heavy atom. The first-order valence-corrected chi connectivity index (χ1v) is 33.8. The Hall–Kier alpha value is -11.9. The quantitative estimate of drug-likeness (QED) is 0.00581. The van der Waals surface area contributed by atoms with Gasteiger partial charge < -0.3 is 54.4 Å². The molecule has 28 heteroatoms. The molecular formula is C80H86F6N10O11S. The van der Waals surface area contributed by atoms with Gasteiger partial charge in [-0.1, -0.05) is 86.3 Å². The number of pyridine rings is 1. The van der Waals surface area contributed by atoms with E-state index in [9.17, 15) is 42.9 Å². The predicted molar refractivity (Wildman–Crippen MR) is 420 cm³/mol. The number of hydrogen-bond acceptors (Lipinski definition) is 19. The van der Waals surface area contributed by atoms with Gasteiger partial charge in [0.05, 0.1) is 98.7 Å². The zero-order valence-corrected chi connectivity index (χ0v) is 60.2. The van der Waals surface area contributed by atoms with Crippen molar-refractivity contribution in [1.82, 2.24) is 9.97 Å². The predicted octanol–water partition coefficient (Wildman–Crippen LogP) is 19.2. The van der Waals surface area contributed by atoms with Crippen molar-refractivity contribution in [3.8, 4) is 34.0 Å². The number of fused-ring (bicyclic) bond motifs is 2. The number of aromatic nitrogens is 2. The summed E-state index contributed by atoms with van der Waals surface area (Å²) in [6, 6.07) is 54.3. The van der Waals surface area contributed by atoms with E-state index in [4.69, 9.17) is 50.8 Å². The normalized spacial score (nSPS) is 10.8. The summed E-state index contributed by atoms with van der Waals surface area (Å²) in [5.41, 5.74) is 10.0. The zero-order valence-electron chi connectivity index (χ0n) is 60.4. The fraction of sp³-hybridized carbons (Fsp3) is 0.250. The number of hydrogen-bond donors (Lipinski definition) is 4. The van der Waals surface area contributed by atoms with Crippen LogP contribution in [-0.2, 0) is 18.9 Å². The minimum absolute atomic E-state index is 0. The van der Waals surface area contributed by atoms with Crippen LogP contribution in [0.4, 0.5) is 60.8 Å². The highest BCUT2D eigenvalue weighted by atomic mass is 32.1. The third-order valence-corrected chi connectivity index (χ3v) is 15.9. The van der Waals surface area contributed by atoms with Crippen LogP contribution >= 0.6 is 11.3 Å². The van der Waals surface area contributed by atoms with Crippen LogP contribution in [0.25, 0.3) is 66.3 Å². The van der Waals surface area contributed by atoms with E-state index in [1.165, 1.54) is 23.5 Å². The van der Waals surface area contributed by atoms with Gasteiger partial charge >= 0.3 is 0 Å². The molecule has 0 aliphatic carbocycles. The molecule has 0 spiro atoms. The number of nitro benzene ring substituents is 2. The van der Waals surface area contributed by atoms with Gasteiger partial charge in [-0.2, -0.15) is 0 Å². The second-order valence-corrected chi connectivity index (χ2v) is 23.1. The molecule has 0 fully saturated rings. The molecule has 4 N–H and O–H groups in total. The Labute approximate surface area is 629 Å². The molecule has 8 aromatic carbocycles. The number of allylic oxidation sites excluding steroid dienone is 2. The molecule has 2 heterocycles. The summed E-state index contributed by atoms with van der Waals surface area (Å²) < 4.78 is 106. The number of nitro groups is 2. The number of anilines is 4. The van der Waals surface area contributed by atoms with Crippen LogP contribution in [0.2, 0.25) is 0 Å². The monoisotopic (exact) mass is 1500 g/mol. The number of halogens is 6. The maximum atomic E-state index is 13.7. The van der Waals surface area contributed by atoms with Crippen molar-refractivity contribution < 1.29 is 71.5 Å². The van der Waals surface area contributed by atoms with Gasteiger partial charge in [0.15, 0.2) is 0 Å². The highest BCUT2D eigenvalue weighted by Gasteiger charge is 2.13. The van der Waals surface area contributed by atoms with Gasteiger partial charge in [-0.05, 0) is 154 Å². The van der Waals surface area contributed by atoms with E-state index in [0.717, 1.165) is 94.3 Å². The van der Waals surface area contributed by atoms with Gasteiger partial charge in [0.25, 0.3) is 17.1 Å². The second-order valence-electron chi connectivity index (χ2n) is 22.0. The number of phenols is 1. The second kappa shape index (κ2) is 50.5. The van der Waals surface area contributed by atoms with Crippen LogP contribution in [0, 0.1) is 43.9 Å². The highest BCUT2D eigenvalue weighted by Crippen LogP contribution is 2.34. The summed E-state index contributed by atoms with van der Waals surface area (Å²) in [7, 11) is 7.34. The fourth-order valence-corrected chi connectivity index (χ4v) is 10.2. The van der Waals surface area contributed by atoms with E-state index in [0.29, 0.717) is 76.5 Å². The SMILES string of the molecule is C.CNc1ccc(-c2nc3ccc(O)cc3s2)cc1[18F].CNc1ccc(/C=C/c2ccc(OCCOCCOCC[18F])cc2)cc1.CNc1ccc(/C=C/c2ccc(OCCOCCOCC[18F])nc2)cc1.F[18F].[2H]c1c([N+](=O)[O-])cccc1[N+](=O)[O-].[C-]#[N+]/C(C#N)=C(/C)c1ccc2cc(N(C)CC[18F])ccc2c1. The topological polar surface area (TPSA) is 255 Å². The van der Waals surface area contributed by atoms with Crippen molar-refractivity contribution in [2.24, 2.45) is 0 Å². The third-order valence-electron chi connectivity index (χ3n) is 14.8. The Morgan fingerprint density at radius 3 is 1.67 bits per heavy atom. The van der Waals surface area contributed by atoms with E-state index >= 15 is 0 Å². The number of aromatic hydroxyl groups is 1. The number of rotatable bonds is 32. The van der Waals surface area contributed by atoms with E-state index in [-0.39, 0.29) is 44.6 Å². The number of nitrogens with one attached hydrogen (secondary N) is 3. The van der Waals surface area contributed by atoms with Crippen LogP contribution < -0.4 is 30.3 Å². The van der Waals surface area contributed by atoms with E-state index in [2.05, 4.69) is 67.2 Å². The molecule has 0 saturated heterocycles. The molecule has 0 atom stereocenters. The Balaban J connectivity index is 0.000000290. The van der Waals surface area contributed by atoms with Gasteiger partial charge in [-0.25, -0.2) is 37.6 Å². The smallest absolute Gasteiger partial charge is 0.276 e. The maximum absolute atomic E-state index is 13.7. The average molecular weight is 1510 g/mol. The molecule has 0 amide bonds. The lowest BCUT2D eigenvalue weighted by atomic mass is 10.0.